The second-order valence-electron chi connectivity index (χ2n) is 18.5. The number of methoxy groups -OCH3 is 4. The molecule has 0 unspecified atom stereocenters. The van der Waals surface area contributed by atoms with Crippen molar-refractivity contribution in [2.45, 2.75) is 32.1 Å². The van der Waals surface area contributed by atoms with Crippen LogP contribution in [0.1, 0.15) is 54.4 Å². The van der Waals surface area contributed by atoms with Crippen molar-refractivity contribution >= 4 is 59.3 Å². The maximum atomic E-state index is 12.5. The summed E-state index contributed by atoms with van der Waals surface area (Å²) >= 11 is 0. The third kappa shape index (κ3) is 30.2. The van der Waals surface area contributed by atoms with Crippen molar-refractivity contribution in [1.29, 1.82) is 0 Å². The molecule has 0 aromatic heterocycles. The van der Waals surface area contributed by atoms with Crippen molar-refractivity contribution in [1.82, 2.24) is 10.6 Å². The summed E-state index contributed by atoms with van der Waals surface area (Å²) in [6, 6.07) is 19.1. The number of aromatic hydroxyl groups is 2. The van der Waals surface area contributed by atoms with Crippen molar-refractivity contribution in [3.8, 4) is 46.0 Å². The number of phenols is 2. The average Bonchev–Trinajstić information content (AvgIpc) is 3.67. The van der Waals surface area contributed by atoms with E-state index in [1.54, 1.807) is 72.9 Å². The van der Waals surface area contributed by atoms with E-state index in [1.807, 2.05) is 0 Å². The number of ketones is 4. The molecule has 4 aromatic rings. The lowest BCUT2D eigenvalue weighted by Gasteiger charge is -2.12. The van der Waals surface area contributed by atoms with Crippen LogP contribution in [0.5, 0.6) is 46.0 Å². The molecule has 23 nitrogen and oxygen atoms in total. The van der Waals surface area contributed by atoms with Gasteiger partial charge >= 0.3 is 5.97 Å². The molecule has 0 saturated carbocycles. The number of hydrogen-bond donors (Lipinski definition) is 5. The zero-order valence-corrected chi connectivity index (χ0v) is 49.6. The first-order valence-electron chi connectivity index (χ1n) is 27.9. The number of carbonyl (C=O) groups excluding carboxylic acids is 6. The van der Waals surface area contributed by atoms with E-state index in [4.69, 9.17) is 62.6 Å². The highest BCUT2D eigenvalue weighted by atomic mass is 16.6. The molecule has 0 radical (unpaired) electrons. The lowest BCUT2D eigenvalue weighted by atomic mass is 10.1. The molecule has 0 bridgehead atoms. The molecular weight excluding hydrogens is 1130 g/mol. The number of hydrogen-bond acceptors (Lipinski definition) is 22. The van der Waals surface area contributed by atoms with Gasteiger partial charge in [0.15, 0.2) is 69.1 Å². The molecule has 6 N–H and O–H groups in total. The van der Waals surface area contributed by atoms with Crippen LogP contribution in [-0.4, -0.2) is 173 Å². The lowest BCUT2D eigenvalue weighted by Crippen LogP contribution is -2.27. The van der Waals surface area contributed by atoms with Gasteiger partial charge in [-0.25, -0.2) is 0 Å². The summed E-state index contributed by atoms with van der Waals surface area (Å²) in [5.41, 5.74) is 9.04. The van der Waals surface area contributed by atoms with Crippen molar-refractivity contribution in [3.63, 3.8) is 0 Å². The van der Waals surface area contributed by atoms with Crippen molar-refractivity contribution < 1.29 is 95.8 Å². The van der Waals surface area contributed by atoms with Gasteiger partial charge in [0.05, 0.1) is 126 Å². The first kappa shape index (κ1) is 70.6. The molecule has 0 fully saturated rings. The number of carbonyl (C=O) groups is 6. The van der Waals surface area contributed by atoms with Crippen LogP contribution >= 0.6 is 0 Å². The van der Waals surface area contributed by atoms with E-state index < -0.39 is 17.5 Å². The number of amides is 1. The van der Waals surface area contributed by atoms with Crippen LogP contribution in [-0.2, 0) is 57.2 Å². The lowest BCUT2D eigenvalue weighted by molar-refractivity contribution is -0.135. The van der Waals surface area contributed by atoms with E-state index in [9.17, 15) is 39.0 Å². The number of nitrogens with one attached hydrogen (secondary N) is 2. The second-order valence-corrected chi connectivity index (χ2v) is 18.5. The number of esters is 1. The number of allylic oxidation sites excluding steroid dienone is 4. The zero-order chi connectivity index (χ0) is 62.9. The van der Waals surface area contributed by atoms with E-state index in [0.29, 0.717) is 132 Å². The Hall–Kier alpha value is -8.84. The third-order valence-electron chi connectivity index (χ3n) is 11.8. The van der Waals surface area contributed by atoms with Gasteiger partial charge in [-0.05, 0) is 102 Å². The van der Waals surface area contributed by atoms with Crippen molar-refractivity contribution in [3.05, 3.63) is 131 Å². The molecule has 4 rings (SSSR count). The van der Waals surface area contributed by atoms with E-state index in [-0.39, 0.29) is 90.7 Å². The number of ether oxygens (including phenoxy) is 12. The Morgan fingerprint density at radius 3 is 1.24 bits per heavy atom. The van der Waals surface area contributed by atoms with Gasteiger partial charge in [0.1, 0.15) is 6.61 Å². The SMILES string of the molecule is COc1cc(/C=C\C(=O)CC(=O)/C=C\c2ccc(OC/C(N)=C/NCCOCCOCCOCCOCCOCCOCCNC(=O)CCCC(=O)Oc3ccc(/C=C\C(=O)CC(=O)/C=C\c4ccc(O)c(OC)c4)cc3OC)c(OC)c2)ccc1O. The number of phenolic OH excluding ortho intramolecular Hbond substituents is 2. The summed E-state index contributed by atoms with van der Waals surface area (Å²) < 4.78 is 65.4. The van der Waals surface area contributed by atoms with Crippen LogP contribution in [0.4, 0.5) is 0 Å². The van der Waals surface area contributed by atoms with Crippen LogP contribution in [0.15, 0.2) is 109 Å². The Morgan fingerprint density at radius 1 is 0.448 bits per heavy atom. The van der Waals surface area contributed by atoms with Crippen LogP contribution in [0.3, 0.4) is 0 Å². The predicted molar refractivity (Wildman–Crippen MR) is 324 cm³/mol. The number of nitrogens with two attached hydrogens (primary N) is 1. The minimum atomic E-state index is -0.548. The number of rotatable bonds is 46. The van der Waals surface area contributed by atoms with E-state index in [2.05, 4.69) is 10.6 Å². The monoisotopic (exact) mass is 1210 g/mol. The van der Waals surface area contributed by atoms with Gasteiger partial charge < -0.3 is 83.4 Å². The van der Waals surface area contributed by atoms with Crippen molar-refractivity contribution in [2.24, 2.45) is 5.73 Å². The fourth-order valence-corrected chi connectivity index (χ4v) is 7.37. The molecule has 0 spiro atoms. The van der Waals surface area contributed by atoms with Gasteiger partial charge in [0, 0.05) is 32.1 Å². The molecule has 87 heavy (non-hydrogen) atoms. The second kappa shape index (κ2) is 42.1. The molecule has 0 atom stereocenters. The molecule has 0 aliphatic carbocycles. The largest absolute Gasteiger partial charge is 0.504 e. The quantitative estimate of drug-likeness (QED) is 0.0105. The Morgan fingerprint density at radius 2 is 0.816 bits per heavy atom. The highest BCUT2D eigenvalue weighted by Crippen LogP contribution is 2.31. The van der Waals surface area contributed by atoms with Gasteiger partial charge in [-0.3, -0.25) is 28.8 Å². The minimum Gasteiger partial charge on any atom is -0.504 e. The molecule has 0 aliphatic rings. The predicted octanol–water partition coefficient (Wildman–Crippen LogP) is 6.40. The van der Waals surface area contributed by atoms with E-state index >= 15 is 0 Å². The number of benzene rings is 4. The van der Waals surface area contributed by atoms with Crippen LogP contribution in [0.2, 0.25) is 0 Å². The summed E-state index contributed by atoms with van der Waals surface area (Å²) in [4.78, 5) is 74.3. The maximum Gasteiger partial charge on any atom is 0.311 e. The first-order chi connectivity index (χ1) is 42.2. The van der Waals surface area contributed by atoms with Gasteiger partial charge in [-0.1, -0.05) is 48.6 Å². The molecule has 1 amide bonds. The molecule has 0 aliphatic heterocycles. The van der Waals surface area contributed by atoms with E-state index in [0.717, 1.165) is 0 Å². The van der Waals surface area contributed by atoms with Gasteiger partial charge in [-0.15, -0.1) is 0 Å². The zero-order valence-electron chi connectivity index (χ0n) is 49.6. The maximum absolute atomic E-state index is 12.5. The Labute approximate surface area is 506 Å². The summed E-state index contributed by atoms with van der Waals surface area (Å²) in [5, 5.41) is 25.3. The standard InChI is InChI=1S/C64H79N3O20/c1-76-59-38-46(12-20-55(59)72)8-16-51(68)42-53(70)18-10-48-14-22-57(61(40-48)78-3)86-45-50(65)44-66-24-26-80-28-30-82-32-34-84-36-37-85-35-33-83-31-29-81-27-25-67-63(74)6-5-7-64(75)87-58-23-15-49(41-62(58)79-4)11-19-54(71)43-52(69)17-9-47-13-21-56(73)60(39-47)77-2/h8-23,38-41,44,66,72-73H,5-7,24-37,42-43,45,65H2,1-4H3,(H,67,74)/b16-8-,17-9-,18-10-,19-11-,50-44-. The molecule has 23 heteroatoms. The van der Waals surface area contributed by atoms with Gasteiger partial charge in [0.2, 0.25) is 5.91 Å². The fraction of sp³-hybridized carbons (Fsp3) is 0.375. The Kier molecular flexibility index (Phi) is 34.1. The highest BCUT2D eigenvalue weighted by Gasteiger charge is 2.14. The van der Waals surface area contributed by atoms with Crippen molar-refractivity contribution in [2.75, 3.05) is 127 Å². The molecular formula is C64H79N3O20. The van der Waals surface area contributed by atoms with Crippen LogP contribution in [0, 0.1) is 0 Å². The molecule has 470 valence electrons. The highest BCUT2D eigenvalue weighted by molar-refractivity contribution is 6.11. The molecule has 0 heterocycles. The Balaban J connectivity index is 0.897. The summed E-state index contributed by atoms with van der Waals surface area (Å²) in [5.74, 6) is -0.541. The normalized spacial score (nSPS) is 11.6. The summed E-state index contributed by atoms with van der Waals surface area (Å²) in [6.45, 7) is 5.55. The van der Waals surface area contributed by atoms with Gasteiger partial charge in [-0.2, -0.15) is 0 Å². The van der Waals surface area contributed by atoms with Crippen LogP contribution in [0.25, 0.3) is 24.3 Å². The Bertz CT molecular complexity index is 2970. The fourth-order valence-electron chi connectivity index (χ4n) is 7.37. The minimum absolute atomic E-state index is 0.00596. The van der Waals surface area contributed by atoms with Crippen LogP contribution < -0.4 is 44.8 Å². The first-order valence-corrected chi connectivity index (χ1v) is 27.9. The summed E-state index contributed by atoms with van der Waals surface area (Å²) in [6.07, 6.45) is 12.7. The molecule has 0 saturated heterocycles. The average molecular weight is 1210 g/mol. The van der Waals surface area contributed by atoms with E-state index in [1.165, 1.54) is 83.1 Å². The van der Waals surface area contributed by atoms with Gasteiger partial charge in [0.25, 0.3) is 0 Å². The topological polar surface area (TPSA) is 304 Å². The third-order valence-corrected chi connectivity index (χ3v) is 11.8. The smallest absolute Gasteiger partial charge is 0.311 e. The molecule has 4 aromatic carbocycles. The summed E-state index contributed by atoms with van der Waals surface area (Å²) in [7, 11) is 5.75.